The van der Waals surface area contributed by atoms with Crippen molar-refractivity contribution in [3.63, 3.8) is 0 Å². The van der Waals surface area contributed by atoms with E-state index in [1.54, 1.807) is 18.9 Å². The first-order valence-corrected chi connectivity index (χ1v) is 10.6. The maximum atomic E-state index is 12.7. The minimum atomic E-state index is -0.163. The normalized spacial score (nSPS) is 10.9. The second-order valence-electron chi connectivity index (χ2n) is 5.91. The number of furan rings is 1. The van der Waals surface area contributed by atoms with E-state index in [0.717, 1.165) is 16.0 Å². The fourth-order valence-electron chi connectivity index (χ4n) is 2.87. The molecule has 0 unspecified atom stereocenters. The van der Waals surface area contributed by atoms with Gasteiger partial charge in [0, 0.05) is 15.7 Å². The lowest BCUT2D eigenvalue weighted by atomic mass is 10.2. The molecule has 0 fully saturated rings. The summed E-state index contributed by atoms with van der Waals surface area (Å²) in [5.41, 5.74) is 2.01. The van der Waals surface area contributed by atoms with Gasteiger partial charge in [0.1, 0.15) is 5.69 Å². The highest BCUT2D eigenvalue weighted by Crippen LogP contribution is 2.34. The molecule has 7 heteroatoms. The number of thioether (sulfide) groups is 1. The minimum absolute atomic E-state index is 0.163. The van der Waals surface area contributed by atoms with Crippen molar-refractivity contribution in [2.24, 2.45) is 0 Å². The van der Waals surface area contributed by atoms with Gasteiger partial charge in [-0.25, -0.2) is 4.98 Å². The Morgan fingerprint density at radius 2 is 2.11 bits per heavy atom. The predicted molar refractivity (Wildman–Crippen MR) is 115 cm³/mol. The number of hydrogen-bond acceptors (Lipinski definition) is 6. The summed E-state index contributed by atoms with van der Waals surface area (Å²) in [6.45, 7) is 2.06. The average molecular weight is 411 g/mol. The highest BCUT2D eigenvalue weighted by atomic mass is 32.2. The molecule has 1 N–H and O–H groups in total. The molecule has 0 bridgehead atoms. The lowest BCUT2D eigenvalue weighted by Gasteiger charge is -2.07. The first-order valence-electron chi connectivity index (χ1n) is 8.75. The molecule has 0 aliphatic heterocycles. The number of amides is 1. The number of thiazole rings is 1. The number of nitrogens with zero attached hydrogens (tertiary/aromatic N) is 1. The van der Waals surface area contributed by atoms with E-state index in [4.69, 9.17) is 9.15 Å². The molecule has 28 heavy (non-hydrogen) atoms. The van der Waals surface area contributed by atoms with Crippen molar-refractivity contribution < 1.29 is 13.9 Å². The zero-order valence-corrected chi connectivity index (χ0v) is 17.0. The van der Waals surface area contributed by atoms with E-state index in [9.17, 15) is 4.79 Å². The molecular weight excluding hydrogens is 392 g/mol. The zero-order chi connectivity index (χ0) is 19.5. The standard InChI is InChI=1S/C21H18N2O3S2/c1-3-27-18-10-5-4-8-14(18)20(24)23-21-22-15(12-28-21)17-11-13-7-6-9-16(25-2)19(13)26-17/h4-12H,3H2,1-2H3,(H,22,23,24). The third kappa shape index (κ3) is 3.63. The van der Waals surface area contributed by atoms with Crippen molar-refractivity contribution in [1.29, 1.82) is 0 Å². The maximum absolute atomic E-state index is 12.7. The molecule has 0 saturated carbocycles. The molecule has 4 aromatic rings. The van der Waals surface area contributed by atoms with Gasteiger partial charge in [-0.1, -0.05) is 31.2 Å². The number of carbonyl (C=O) groups is 1. The van der Waals surface area contributed by atoms with Crippen LogP contribution in [0.4, 0.5) is 5.13 Å². The van der Waals surface area contributed by atoms with Crippen LogP contribution in [0.5, 0.6) is 5.75 Å². The Hall–Kier alpha value is -2.77. The number of methoxy groups -OCH3 is 1. The number of nitrogens with one attached hydrogen (secondary N) is 1. The van der Waals surface area contributed by atoms with Gasteiger partial charge in [0.05, 0.1) is 12.7 Å². The van der Waals surface area contributed by atoms with E-state index in [2.05, 4.69) is 17.2 Å². The summed E-state index contributed by atoms with van der Waals surface area (Å²) in [6, 6.07) is 15.2. The van der Waals surface area contributed by atoms with E-state index in [0.29, 0.717) is 33.5 Å². The molecule has 142 valence electrons. The summed E-state index contributed by atoms with van der Waals surface area (Å²) in [6.07, 6.45) is 0. The number of para-hydroxylation sites is 1. The van der Waals surface area contributed by atoms with Crippen LogP contribution in [-0.2, 0) is 0 Å². The van der Waals surface area contributed by atoms with Crippen LogP contribution in [-0.4, -0.2) is 23.8 Å². The van der Waals surface area contributed by atoms with Gasteiger partial charge in [-0.2, -0.15) is 0 Å². The van der Waals surface area contributed by atoms with Gasteiger partial charge in [-0.15, -0.1) is 23.1 Å². The van der Waals surface area contributed by atoms with Gasteiger partial charge in [0.15, 0.2) is 22.2 Å². The molecule has 4 rings (SSSR count). The minimum Gasteiger partial charge on any atom is -0.493 e. The molecule has 0 saturated heterocycles. The van der Waals surface area contributed by atoms with Crippen LogP contribution in [0.25, 0.3) is 22.4 Å². The van der Waals surface area contributed by atoms with E-state index in [1.165, 1.54) is 11.3 Å². The highest BCUT2D eigenvalue weighted by Gasteiger charge is 2.16. The quantitative estimate of drug-likeness (QED) is 0.399. The molecule has 1 amide bonds. The number of ether oxygens (including phenoxy) is 1. The van der Waals surface area contributed by atoms with Crippen LogP contribution in [0.2, 0.25) is 0 Å². The highest BCUT2D eigenvalue weighted by molar-refractivity contribution is 7.99. The summed E-state index contributed by atoms with van der Waals surface area (Å²) >= 11 is 3.01. The summed E-state index contributed by atoms with van der Waals surface area (Å²) in [5, 5.41) is 6.23. The van der Waals surface area contributed by atoms with Gasteiger partial charge in [0.2, 0.25) is 0 Å². The molecule has 0 aliphatic rings. The fourth-order valence-corrected chi connectivity index (χ4v) is 4.36. The lowest BCUT2D eigenvalue weighted by molar-refractivity contribution is 0.102. The van der Waals surface area contributed by atoms with Gasteiger partial charge in [-0.3, -0.25) is 10.1 Å². The van der Waals surface area contributed by atoms with Crippen molar-refractivity contribution >= 4 is 45.1 Å². The second kappa shape index (κ2) is 8.08. The first-order chi connectivity index (χ1) is 13.7. The molecule has 0 spiro atoms. The van der Waals surface area contributed by atoms with Crippen molar-refractivity contribution in [3.05, 3.63) is 59.5 Å². The number of benzene rings is 2. The van der Waals surface area contributed by atoms with Crippen molar-refractivity contribution in [2.45, 2.75) is 11.8 Å². The summed E-state index contributed by atoms with van der Waals surface area (Å²) in [4.78, 5) is 18.2. The van der Waals surface area contributed by atoms with Gasteiger partial charge in [-0.05, 0) is 30.0 Å². The third-order valence-corrected chi connectivity index (χ3v) is 5.85. The molecule has 2 aromatic carbocycles. The SMILES string of the molecule is CCSc1ccccc1C(=O)Nc1nc(-c2cc3cccc(OC)c3o2)cs1. The zero-order valence-electron chi connectivity index (χ0n) is 15.4. The van der Waals surface area contributed by atoms with Gasteiger partial charge >= 0.3 is 0 Å². The van der Waals surface area contributed by atoms with E-state index >= 15 is 0 Å². The number of fused-ring (bicyclic) bond motifs is 1. The Bertz CT molecular complexity index is 1130. The third-order valence-electron chi connectivity index (χ3n) is 4.14. The van der Waals surface area contributed by atoms with Crippen LogP contribution in [0.1, 0.15) is 17.3 Å². The van der Waals surface area contributed by atoms with Crippen molar-refractivity contribution in [2.75, 3.05) is 18.2 Å². The molecule has 5 nitrogen and oxygen atoms in total. The van der Waals surface area contributed by atoms with Gasteiger partial charge in [0.25, 0.3) is 5.91 Å². The Balaban J connectivity index is 1.58. The summed E-state index contributed by atoms with van der Waals surface area (Å²) in [7, 11) is 1.61. The van der Waals surface area contributed by atoms with E-state index < -0.39 is 0 Å². The van der Waals surface area contributed by atoms with Crippen LogP contribution in [0.15, 0.2) is 63.2 Å². The van der Waals surface area contributed by atoms with Gasteiger partial charge < -0.3 is 9.15 Å². The topological polar surface area (TPSA) is 64.4 Å². The lowest BCUT2D eigenvalue weighted by Crippen LogP contribution is -2.12. The Kier molecular flexibility index (Phi) is 5.36. The molecule has 0 atom stereocenters. The molecular formula is C21H18N2O3S2. The molecule has 0 aliphatic carbocycles. The Labute approximate surface area is 170 Å². The Morgan fingerprint density at radius 1 is 1.25 bits per heavy atom. The van der Waals surface area contributed by atoms with E-state index in [-0.39, 0.29) is 5.91 Å². The first kappa shape index (κ1) is 18.6. The fraction of sp³-hybridized carbons (Fsp3) is 0.143. The summed E-state index contributed by atoms with van der Waals surface area (Å²) < 4.78 is 11.3. The predicted octanol–water partition coefficient (Wildman–Crippen LogP) is 5.93. The molecule has 2 heterocycles. The Morgan fingerprint density at radius 3 is 2.93 bits per heavy atom. The van der Waals surface area contributed by atoms with Crippen LogP contribution in [0.3, 0.4) is 0 Å². The van der Waals surface area contributed by atoms with Crippen LogP contribution >= 0.6 is 23.1 Å². The molecule has 2 aromatic heterocycles. The van der Waals surface area contributed by atoms with Crippen LogP contribution < -0.4 is 10.1 Å². The average Bonchev–Trinajstić information content (AvgIpc) is 3.35. The largest absolute Gasteiger partial charge is 0.493 e. The number of carbonyl (C=O) groups excluding carboxylic acids is 1. The smallest absolute Gasteiger partial charge is 0.258 e. The van der Waals surface area contributed by atoms with Crippen molar-refractivity contribution in [3.8, 4) is 17.2 Å². The van der Waals surface area contributed by atoms with Crippen molar-refractivity contribution in [1.82, 2.24) is 4.98 Å². The number of hydrogen-bond donors (Lipinski definition) is 1. The second-order valence-corrected chi connectivity index (χ2v) is 8.07. The number of aromatic nitrogens is 1. The summed E-state index contributed by atoms with van der Waals surface area (Å²) in [5.74, 6) is 2.06. The maximum Gasteiger partial charge on any atom is 0.258 e. The number of anilines is 1. The van der Waals surface area contributed by atoms with E-state index in [1.807, 2.05) is 53.9 Å². The number of rotatable bonds is 6. The molecule has 0 radical (unpaired) electrons. The van der Waals surface area contributed by atoms with Crippen LogP contribution in [0, 0.1) is 0 Å². The monoisotopic (exact) mass is 410 g/mol.